The fourth-order valence-corrected chi connectivity index (χ4v) is 3.33. The number of hydrogen-bond donors (Lipinski definition) is 3. The Hall–Kier alpha value is -0.700. The van der Waals surface area contributed by atoms with Crippen molar-refractivity contribution < 1.29 is 23.1 Å². The van der Waals surface area contributed by atoms with E-state index in [9.17, 15) is 18.3 Å². The third kappa shape index (κ3) is 3.15. The van der Waals surface area contributed by atoms with Gasteiger partial charge in [0.2, 0.25) is 0 Å². The van der Waals surface area contributed by atoms with E-state index < -0.39 is 21.7 Å². The molecule has 8 heteroatoms. The normalized spacial score (nSPS) is 24.5. The van der Waals surface area contributed by atoms with E-state index in [2.05, 4.69) is 9.44 Å². The molecule has 2 rings (SSSR count). The second-order valence-electron chi connectivity index (χ2n) is 4.50. The fourth-order valence-electron chi connectivity index (χ4n) is 1.79. The predicted octanol–water partition coefficient (Wildman–Crippen LogP) is -0.793. The molecule has 2 fully saturated rings. The average Bonchev–Trinajstić information content (AvgIpc) is 3.01. The second kappa shape index (κ2) is 4.52. The van der Waals surface area contributed by atoms with Crippen molar-refractivity contribution in [2.24, 2.45) is 0 Å². The molecule has 0 aromatic heterocycles. The van der Waals surface area contributed by atoms with Gasteiger partial charge in [-0.3, -0.25) is 4.79 Å². The third-order valence-corrected chi connectivity index (χ3v) is 4.29. The molecule has 1 heterocycles. The van der Waals surface area contributed by atoms with Crippen LogP contribution in [0.15, 0.2) is 0 Å². The summed E-state index contributed by atoms with van der Waals surface area (Å²) < 4.78 is 33.2. The summed E-state index contributed by atoms with van der Waals surface area (Å²) in [6.45, 7) is 0.497. The van der Waals surface area contributed by atoms with E-state index in [-0.39, 0.29) is 32.1 Å². The zero-order valence-corrected chi connectivity index (χ0v) is 10.1. The molecule has 0 radical (unpaired) electrons. The zero-order valence-electron chi connectivity index (χ0n) is 9.31. The minimum absolute atomic E-state index is 0.0433. The summed E-state index contributed by atoms with van der Waals surface area (Å²) in [6.07, 6.45) is 1.91. The molecule has 1 aliphatic carbocycles. The lowest BCUT2D eigenvalue weighted by Gasteiger charge is -2.33. The van der Waals surface area contributed by atoms with Crippen molar-refractivity contribution in [1.82, 2.24) is 9.44 Å². The number of carbonyl (C=O) groups is 1. The summed E-state index contributed by atoms with van der Waals surface area (Å²) in [4.78, 5) is 11.2. The number of ether oxygens (including phenoxy) is 1. The van der Waals surface area contributed by atoms with Crippen molar-refractivity contribution in [1.29, 1.82) is 0 Å². The van der Waals surface area contributed by atoms with Gasteiger partial charge in [-0.2, -0.15) is 17.9 Å². The Labute approximate surface area is 99.7 Å². The minimum atomic E-state index is -3.76. The maximum absolute atomic E-state index is 11.7. The van der Waals surface area contributed by atoms with Crippen molar-refractivity contribution in [3.63, 3.8) is 0 Å². The Bertz CT molecular complexity index is 398. The molecule has 0 aromatic carbocycles. The van der Waals surface area contributed by atoms with E-state index in [1.165, 1.54) is 0 Å². The highest BCUT2D eigenvalue weighted by Crippen LogP contribution is 2.24. The van der Waals surface area contributed by atoms with Gasteiger partial charge in [-0.15, -0.1) is 0 Å². The van der Waals surface area contributed by atoms with Gasteiger partial charge >= 0.3 is 5.97 Å². The first-order valence-corrected chi connectivity index (χ1v) is 7.04. The van der Waals surface area contributed by atoms with Crippen LogP contribution in [0.2, 0.25) is 0 Å². The lowest BCUT2D eigenvalue weighted by molar-refractivity contribution is -0.148. The van der Waals surface area contributed by atoms with Crippen LogP contribution in [0.1, 0.15) is 25.7 Å². The first-order valence-electron chi connectivity index (χ1n) is 5.56. The summed E-state index contributed by atoms with van der Waals surface area (Å²) in [5, 5.41) is 9.19. The molecule has 98 valence electrons. The van der Waals surface area contributed by atoms with Crippen LogP contribution in [-0.2, 0) is 19.7 Å². The van der Waals surface area contributed by atoms with Crippen LogP contribution in [0.5, 0.6) is 0 Å². The maximum atomic E-state index is 11.7. The number of hydrogen-bond acceptors (Lipinski definition) is 4. The van der Waals surface area contributed by atoms with Crippen LogP contribution in [0, 0.1) is 0 Å². The van der Waals surface area contributed by atoms with Crippen molar-refractivity contribution in [3.8, 4) is 0 Å². The molecule has 0 bridgehead atoms. The summed E-state index contributed by atoms with van der Waals surface area (Å²) >= 11 is 0. The molecule has 17 heavy (non-hydrogen) atoms. The van der Waals surface area contributed by atoms with Gasteiger partial charge in [0.05, 0.1) is 0 Å². The van der Waals surface area contributed by atoms with E-state index in [0.717, 1.165) is 12.8 Å². The first kappa shape index (κ1) is 12.7. The molecule has 0 atom stereocenters. The highest BCUT2D eigenvalue weighted by atomic mass is 32.2. The Balaban J connectivity index is 2.08. The molecule has 3 N–H and O–H groups in total. The monoisotopic (exact) mass is 264 g/mol. The van der Waals surface area contributed by atoms with Gasteiger partial charge < -0.3 is 9.84 Å². The first-order chi connectivity index (χ1) is 7.94. The van der Waals surface area contributed by atoms with Crippen LogP contribution >= 0.6 is 0 Å². The highest BCUT2D eigenvalue weighted by molar-refractivity contribution is 7.87. The number of rotatable bonds is 5. The molecule has 1 saturated carbocycles. The summed E-state index contributed by atoms with van der Waals surface area (Å²) in [6, 6.07) is -0.0433. The Morgan fingerprint density at radius 2 is 1.88 bits per heavy atom. The van der Waals surface area contributed by atoms with Gasteiger partial charge in [-0.1, -0.05) is 0 Å². The fraction of sp³-hybridized carbons (Fsp3) is 0.889. The lowest BCUT2D eigenvalue weighted by atomic mass is 9.92. The topological polar surface area (TPSA) is 105 Å². The largest absolute Gasteiger partial charge is 0.480 e. The zero-order chi connectivity index (χ0) is 12.5. The van der Waals surface area contributed by atoms with E-state index in [1.807, 2.05) is 0 Å². The minimum Gasteiger partial charge on any atom is -0.480 e. The van der Waals surface area contributed by atoms with Gasteiger partial charge in [0.1, 0.15) is 5.54 Å². The van der Waals surface area contributed by atoms with Crippen molar-refractivity contribution in [2.45, 2.75) is 37.3 Å². The number of aliphatic carboxylic acids is 1. The number of nitrogens with one attached hydrogen (secondary N) is 2. The second-order valence-corrected chi connectivity index (χ2v) is 5.94. The molecule has 1 saturated heterocycles. The van der Waals surface area contributed by atoms with Crippen LogP contribution in [0.25, 0.3) is 0 Å². The molecule has 0 amide bonds. The molecule has 0 aromatic rings. The van der Waals surface area contributed by atoms with E-state index in [1.54, 1.807) is 0 Å². The average molecular weight is 264 g/mol. The third-order valence-electron chi connectivity index (χ3n) is 2.98. The Kier molecular flexibility index (Phi) is 3.39. The summed E-state index contributed by atoms with van der Waals surface area (Å²) in [7, 11) is -3.76. The maximum Gasteiger partial charge on any atom is 0.325 e. The van der Waals surface area contributed by atoms with Crippen molar-refractivity contribution in [2.75, 3.05) is 13.2 Å². The van der Waals surface area contributed by atoms with Gasteiger partial charge in [0, 0.05) is 32.1 Å². The van der Waals surface area contributed by atoms with E-state index in [0.29, 0.717) is 0 Å². The molecule has 2 aliphatic rings. The van der Waals surface area contributed by atoms with E-state index in [4.69, 9.17) is 4.74 Å². The molecular formula is C9H16N2O5S. The Morgan fingerprint density at radius 3 is 2.35 bits per heavy atom. The predicted molar refractivity (Wildman–Crippen MR) is 58.6 cm³/mol. The lowest BCUT2D eigenvalue weighted by Crippen LogP contribution is -2.59. The van der Waals surface area contributed by atoms with Gasteiger partial charge in [-0.25, -0.2) is 0 Å². The van der Waals surface area contributed by atoms with Gasteiger partial charge in [0.15, 0.2) is 0 Å². The van der Waals surface area contributed by atoms with Crippen LogP contribution in [-0.4, -0.2) is 44.3 Å². The number of carboxylic acid groups (broad SMARTS) is 1. The van der Waals surface area contributed by atoms with Crippen LogP contribution < -0.4 is 9.44 Å². The highest BCUT2D eigenvalue weighted by Gasteiger charge is 2.44. The van der Waals surface area contributed by atoms with E-state index >= 15 is 0 Å². The quantitative estimate of drug-likeness (QED) is 0.603. The van der Waals surface area contributed by atoms with Gasteiger partial charge in [-0.05, 0) is 12.8 Å². The molecule has 1 aliphatic heterocycles. The van der Waals surface area contributed by atoms with Crippen LogP contribution in [0.4, 0.5) is 0 Å². The number of carboxylic acids is 1. The standard InChI is InChI=1S/C9H16N2O5S/c12-8(13)9(3-5-16-6-4-9)11-17(14,15)10-7-1-2-7/h7,10-11H,1-6H2,(H,12,13). The molecule has 7 nitrogen and oxygen atoms in total. The molecule has 0 spiro atoms. The Morgan fingerprint density at radius 1 is 1.29 bits per heavy atom. The summed E-state index contributed by atoms with van der Waals surface area (Å²) in [5.41, 5.74) is -1.43. The summed E-state index contributed by atoms with van der Waals surface area (Å²) in [5.74, 6) is -1.15. The molecular weight excluding hydrogens is 248 g/mol. The van der Waals surface area contributed by atoms with Crippen molar-refractivity contribution >= 4 is 16.2 Å². The smallest absolute Gasteiger partial charge is 0.325 e. The molecule has 0 unspecified atom stereocenters. The van der Waals surface area contributed by atoms with Crippen LogP contribution in [0.3, 0.4) is 0 Å². The van der Waals surface area contributed by atoms with Gasteiger partial charge in [0.25, 0.3) is 10.2 Å². The van der Waals surface area contributed by atoms with Crippen molar-refractivity contribution in [3.05, 3.63) is 0 Å². The SMILES string of the molecule is O=C(O)C1(NS(=O)(=O)NC2CC2)CCOCC1.